The highest BCUT2D eigenvalue weighted by Gasteiger charge is 2.36. The lowest BCUT2D eigenvalue weighted by Crippen LogP contribution is -2.56. The number of carbonyl (C=O) groups is 1. The largest absolute Gasteiger partial charge is 0.462 e. The minimum absolute atomic E-state index is 0.223. The number of amides is 1. The van der Waals surface area contributed by atoms with Gasteiger partial charge in [-0.25, -0.2) is 4.79 Å². The number of aromatic nitrogens is 2. The van der Waals surface area contributed by atoms with Crippen LogP contribution >= 0.6 is 0 Å². The van der Waals surface area contributed by atoms with Gasteiger partial charge in [0.1, 0.15) is 18.0 Å². The van der Waals surface area contributed by atoms with Crippen LogP contribution in [0.2, 0.25) is 0 Å². The Morgan fingerprint density at radius 1 is 1.02 bits per heavy atom. The normalized spacial score (nSPS) is 22.1. The maximum absolute atomic E-state index is 13.1. The molecule has 242 valence electrons. The van der Waals surface area contributed by atoms with Crippen LogP contribution in [0.1, 0.15) is 63.3 Å². The third kappa shape index (κ3) is 6.76. The zero-order chi connectivity index (χ0) is 31.7. The van der Waals surface area contributed by atoms with Gasteiger partial charge in [0, 0.05) is 51.4 Å². The maximum atomic E-state index is 13.1. The summed E-state index contributed by atoms with van der Waals surface area (Å²) in [6, 6.07) is 9.43. The molecule has 0 saturated carbocycles. The molecule has 1 aromatic heterocycles. The number of likely N-dealkylation sites (N-methyl/N-ethyl adjacent to an activating group) is 1. The van der Waals surface area contributed by atoms with Crippen molar-refractivity contribution in [1.82, 2.24) is 19.8 Å². The quantitative estimate of drug-likeness (QED) is 0.469. The Hall–Kier alpha value is -3.78. The summed E-state index contributed by atoms with van der Waals surface area (Å²) in [4.78, 5) is 34.3. The number of hydrogen-bond donors (Lipinski definition) is 0. The Morgan fingerprint density at radius 3 is 2.62 bits per heavy atom. The maximum Gasteiger partial charge on any atom is 0.410 e. The zero-order valence-electron chi connectivity index (χ0n) is 27.6. The molecule has 2 fully saturated rings. The van der Waals surface area contributed by atoms with Gasteiger partial charge in [-0.1, -0.05) is 12.1 Å². The predicted octanol–water partition coefficient (Wildman–Crippen LogP) is 4.23. The lowest BCUT2D eigenvalue weighted by molar-refractivity contribution is 0.0144. The number of aryl methyl sites for hydroxylation is 1. The molecule has 0 N–H and O–H groups in total. The highest BCUT2D eigenvalue weighted by Crippen LogP contribution is 2.39. The van der Waals surface area contributed by atoms with Crippen molar-refractivity contribution in [3.8, 4) is 12.1 Å². The van der Waals surface area contributed by atoms with Crippen LogP contribution < -0.4 is 19.4 Å². The van der Waals surface area contributed by atoms with Gasteiger partial charge in [-0.2, -0.15) is 15.2 Å². The van der Waals surface area contributed by atoms with Gasteiger partial charge in [0.25, 0.3) is 0 Å². The van der Waals surface area contributed by atoms with E-state index in [2.05, 4.69) is 58.0 Å². The van der Waals surface area contributed by atoms with E-state index >= 15 is 0 Å². The van der Waals surface area contributed by atoms with Gasteiger partial charge in [0.2, 0.25) is 0 Å². The lowest BCUT2D eigenvalue weighted by Gasteiger charge is -2.42. The van der Waals surface area contributed by atoms with Crippen molar-refractivity contribution in [2.45, 2.75) is 83.5 Å². The van der Waals surface area contributed by atoms with Crippen molar-refractivity contribution in [3.05, 3.63) is 35.0 Å². The molecule has 0 bridgehead atoms. The number of para-hydroxylation sites is 1. The number of fused-ring (bicyclic) bond motifs is 2. The molecule has 5 heterocycles. The van der Waals surface area contributed by atoms with Crippen molar-refractivity contribution in [3.63, 3.8) is 0 Å². The highest BCUT2D eigenvalue weighted by atomic mass is 16.6. The molecule has 2 saturated heterocycles. The molecule has 6 rings (SSSR count). The van der Waals surface area contributed by atoms with E-state index in [-0.39, 0.29) is 18.6 Å². The first kappa shape index (κ1) is 31.2. The first-order valence-corrected chi connectivity index (χ1v) is 16.5. The number of rotatable bonds is 6. The number of nitriles is 1. The molecule has 1 amide bonds. The Balaban J connectivity index is 1.30. The van der Waals surface area contributed by atoms with Crippen LogP contribution in [-0.4, -0.2) is 104 Å². The third-order valence-electron chi connectivity index (χ3n) is 9.60. The van der Waals surface area contributed by atoms with E-state index in [4.69, 9.17) is 19.4 Å². The summed E-state index contributed by atoms with van der Waals surface area (Å²) >= 11 is 0. The summed E-state index contributed by atoms with van der Waals surface area (Å²) in [6.07, 6.45) is 5.22. The third-order valence-corrected chi connectivity index (χ3v) is 9.60. The number of carbonyl (C=O) groups excluding carboxylic acids is 1. The lowest BCUT2D eigenvalue weighted by atomic mass is 9.98. The van der Waals surface area contributed by atoms with E-state index in [1.54, 1.807) is 4.90 Å². The summed E-state index contributed by atoms with van der Waals surface area (Å²) in [6.45, 7) is 11.4. The van der Waals surface area contributed by atoms with E-state index in [1.807, 2.05) is 20.8 Å². The molecule has 2 atom stereocenters. The van der Waals surface area contributed by atoms with Crippen LogP contribution in [0, 0.1) is 11.3 Å². The summed E-state index contributed by atoms with van der Waals surface area (Å²) in [7, 11) is 4.34. The number of benzene rings is 1. The fourth-order valence-corrected chi connectivity index (χ4v) is 7.26. The summed E-state index contributed by atoms with van der Waals surface area (Å²) in [5, 5.41) is 9.67. The molecule has 45 heavy (non-hydrogen) atoms. The summed E-state index contributed by atoms with van der Waals surface area (Å²) < 4.78 is 12.0. The smallest absolute Gasteiger partial charge is 0.410 e. The van der Waals surface area contributed by atoms with E-state index < -0.39 is 5.60 Å². The van der Waals surface area contributed by atoms with Crippen LogP contribution in [0.15, 0.2) is 18.2 Å². The molecule has 0 spiro atoms. The van der Waals surface area contributed by atoms with Gasteiger partial charge in [0.05, 0.1) is 42.1 Å². The first-order valence-electron chi connectivity index (χ1n) is 16.5. The average Bonchev–Trinajstić information content (AvgIpc) is 3.42. The molecule has 0 aliphatic carbocycles. The number of ether oxygens (including phenoxy) is 2. The van der Waals surface area contributed by atoms with Crippen LogP contribution in [0.5, 0.6) is 6.01 Å². The van der Waals surface area contributed by atoms with E-state index in [0.29, 0.717) is 44.8 Å². The van der Waals surface area contributed by atoms with Crippen molar-refractivity contribution >= 4 is 23.3 Å². The fourth-order valence-electron chi connectivity index (χ4n) is 7.26. The fraction of sp³-hybridized carbons (Fsp3) is 0.647. The molecular formula is C34H48N8O3. The molecule has 1 aromatic carbocycles. The molecule has 4 aliphatic rings. The van der Waals surface area contributed by atoms with Gasteiger partial charge in [-0.15, -0.1) is 0 Å². The summed E-state index contributed by atoms with van der Waals surface area (Å²) in [5.41, 5.74) is 5.52. The van der Waals surface area contributed by atoms with E-state index in [9.17, 15) is 10.1 Å². The van der Waals surface area contributed by atoms with Crippen molar-refractivity contribution in [1.29, 1.82) is 5.26 Å². The molecule has 4 aliphatic heterocycles. The Bertz CT molecular complexity index is 1440. The topological polar surface area (TPSA) is 101 Å². The number of piperazine rings is 1. The predicted molar refractivity (Wildman–Crippen MR) is 175 cm³/mol. The second-order valence-electron chi connectivity index (χ2n) is 14.0. The standard InChI is InChI=1S/C34H48N8O3/c1-34(2,3)45-33(43)42-20-19-41(21-25(42)13-15-35)31-27-14-18-40(29-12-6-9-24-10-7-17-39(5)30(24)29)22-28(27)36-32(37-31)44-23-26-11-8-16-38(26)4/h6,9,12,25-26H,7-8,10-11,13-14,16-23H2,1-5H3/t25-,26-/m0/s1. The molecule has 0 radical (unpaired) electrons. The Labute approximate surface area is 267 Å². The molecule has 2 aromatic rings. The minimum atomic E-state index is -0.602. The second kappa shape index (κ2) is 12.9. The number of nitrogens with zero attached hydrogens (tertiary/aromatic N) is 8. The molecular weight excluding hydrogens is 568 g/mol. The minimum Gasteiger partial charge on any atom is -0.462 e. The average molecular weight is 617 g/mol. The van der Waals surface area contributed by atoms with E-state index in [1.165, 1.54) is 29.8 Å². The van der Waals surface area contributed by atoms with Crippen molar-refractivity contribution in [2.75, 3.05) is 74.7 Å². The molecule has 0 unspecified atom stereocenters. The first-order chi connectivity index (χ1) is 21.6. The molecule has 11 nitrogen and oxygen atoms in total. The van der Waals surface area contributed by atoms with Gasteiger partial charge < -0.3 is 34.0 Å². The zero-order valence-corrected chi connectivity index (χ0v) is 27.6. The van der Waals surface area contributed by atoms with E-state index in [0.717, 1.165) is 56.0 Å². The second-order valence-corrected chi connectivity index (χ2v) is 14.0. The van der Waals surface area contributed by atoms with Gasteiger partial charge in [-0.05, 0) is 78.1 Å². The molecule has 11 heteroatoms. The van der Waals surface area contributed by atoms with Crippen molar-refractivity contribution in [2.24, 2.45) is 0 Å². The van der Waals surface area contributed by atoms with Crippen LogP contribution in [0.25, 0.3) is 0 Å². The Kier molecular flexibility index (Phi) is 8.96. The number of likely N-dealkylation sites (tertiary alicyclic amines) is 1. The van der Waals surface area contributed by atoms with Crippen LogP contribution in [0.3, 0.4) is 0 Å². The highest BCUT2D eigenvalue weighted by molar-refractivity contribution is 5.76. The Morgan fingerprint density at radius 2 is 1.87 bits per heavy atom. The van der Waals surface area contributed by atoms with Crippen LogP contribution in [-0.2, 0) is 24.1 Å². The van der Waals surface area contributed by atoms with Crippen LogP contribution in [0.4, 0.5) is 22.0 Å². The SMILES string of the molecule is CN1CCCc2cccc(N3CCc4c(nc(OC[C@@H]5CCCN5C)nc4N4CCN(C(=O)OC(C)(C)C)[C@@H](CC#N)C4)C3)c21. The number of anilines is 3. The van der Waals surface area contributed by atoms with Gasteiger partial charge >= 0.3 is 12.1 Å². The summed E-state index contributed by atoms with van der Waals surface area (Å²) in [5.74, 6) is 0.869. The monoisotopic (exact) mass is 616 g/mol. The number of hydrogen-bond acceptors (Lipinski definition) is 10. The van der Waals surface area contributed by atoms with Gasteiger partial charge in [-0.3, -0.25) is 0 Å². The van der Waals surface area contributed by atoms with Gasteiger partial charge in [0.15, 0.2) is 0 Å². The van der Waals surface area contributed by atoms with Crippen molar-refractivity contribution < 1.29 is 14.3 Å².